The van der Waals surface area contributed by atoms with E-state index in [1.165, 1.54) is 12.1 Å². The number of halogens is 2. The predicted molar refractivity (Wildman–Crippen MR) is 75.5 cm³/mol. The van der Waals surface area contributed by atoms with Crippen LogP contribution >= 0.6 is 0 Å². The molecule has 0 aliphatic carbocycles. The summed E-state index contributed by atoms with van der Waals surface area (Å²) in [6, 6.07) is 3.73. The molecule has 4 heteroatoms. The van der Waals surface area contributed by atoms with Crippen molar-refractivity contribution in [2.24, 2.45) is 5.92 Å². The molecule has 2 rings (SSSR count). The van der Waals surface area contributed by atoms with Crippen LogP contribution in [0, 0.1) is 17.6 Å². The molecule has 0 bridgehead atoms. The van der Waals surface area contributed by atoms with Gasteiger partial charge in [-0.1, -0.05) is 13.8 Å². The van der Waals surface area contributed by atoms with E-state index in [2.05, 4.69) is 19.2 Å². The fourth-order valence-corrected chi connectivity index (χ4v) is 3.04. The number of benzene rings is 1. The van der Waals surface area contributed by atoms with Gasteiger partial charge in [0.25, 0.3) is 0 Å². The molecule has 1 aromatic rings. The predicted octanol–water partition coefficient (Wildman–Crippen LogP) is 3.82. The van der Waals surface area contributed by atoms with Crippen LogP contribution in [0.5, 0.6) is 0 Å². The molecule has 0 radical (unpaired) electrons. The molecular formula is C16H23F2NO. The lowest BCUT2D eigenvalue weighted by molar-refractivity contribution is 0.0773. The standard InChI is InChI=1S/C16H23F2NO/c1-3-6-19-16(14-5-7-20-15(14)4-2)11-8-12(17)10-13(18)9-11/h8-10,14-16,19H,3-7H2,1-2H3. The highest BCUT2D eigenvalue weighted by atomic mass is 19.1. The van der Waals surface area contributed by atoms with Crippen molar-refractivity contribution in [2.45, 2.75) is 45.3 Å². The van der Waals surface area contributed by atoms with E-state index in [4.69, 9.17) is 4.74 Å². The molecule has 0 spiro atoms. The Morgan fingerprint density at radius 1 is 1.25 bits per heavy atom. The van der Waals surface area contributed by atoms with Gasteiger partial charge in [-0.05, 0) is 43.5 Å². The minimum atomic E-state index is -0.518. The Morgan fingerprint density at radius 3 is 2.55 bits per heavy atom. The molecule has 1 saturated heterocycles. The minimum Gasteiger partial charge on any atom is -0.378 e. The molecule has 3 atom stereocenters. The third kappa shape index (κ3) is 3.55. The van der Waals surface area contributed by atoms with E-state index in [0.717, 1.165) is 38.5 Å². The van der Waals surface area contributed by atoms with Gasteiger partial charge in [0.1, 0.15) is 11.6 Å². The van der Waals surface area contributed by atoms with Gasteiger partial charge in [0.05, 0.1) is 6.10 Å². The van der Waals surface area contributed by atoms with Gasteiger partial charge in [0.2, 0.25) is 0 Å². The molecular weight excluding hydrogens is 260 g/mol. The molecule has 1 aliphatic rings. The van der Waals surface area contributed by atoms with Gasteiger partial charge in [-0.25, -0.2) is 8.78 Å². The summed E-state index contributed by atoms with van der Waals surface area (Å²) in [5, 5.41) is 3.43. The average Bonchev–Trinajstić information content (AvgIpc) is 2.86. The first-order valence-corrected chi connectivity index (χ1v) is 7.46. The van der Waals surface area contributed by atoms with E-state index in [9.17, 15) is 8.78 Å². The highest BCUT2D eigenvalue weighted by Crippen LogP contribution is 2.35. The van der Waals surface area contributed by atoms with E-state index in [1.807, 2.05) is 0 Å². The molecule has 1 aromatic carbocycles. The second-order valence-corrected chi connectivity index (χ2v) is 5.40. The summed E-state index contributed by atoms with van der Waals surface area (Å²) in [6.07, 6.45) is 3.00. The number of nitrogens with one attached hydrogen (secondary N) is 1. The molecule has 1 N–H and O–H groups in total. The zero-order chi connectivity index (χ0) is 14.5. The summed E-state index contributed by atoms with van der Waals surface area (Å²) in [4.78, 5) is 0. The molecule has 112 valence electrons. The van der Waals surface area contributed by atoms with E-state index in [1.54, 1.807) is 0 Å². The maximum atomic E-state index is 13.5. The Bertz CT molecular complexity index is 418. The number of hydrogen-bond donors (Lipinski definition) is 1. The van der Waals surface area contributed by atoms with Crippen molar-refractivity contribution in [1.82, 2.24) is 5.32 Å². The van der Waals surface area contributed by atoms with Crippen molar-refractivity contribution in [3.8, 4) is 0 Å². The molecule has 20 heavy (non-hydrogen) atoms. The van der Waals surface area contributed by atoms with Gasteiger partial charge >= 0.3 is 0 Å². The third-order valence-corrected chi connectivity index (χ3v) is 3.95. The zero-order valence-electron chi connectivity index (χ0n) is 12.2. The van der Waals surface area contributed by atoms with Crippen molar-refractivity contribution in [3.05, 3.63) is 35.4 Å². The lowest BCUT2D eigenvalue weighted by atomic mass is 9.86. The molecule has 1 aliphatic heterocycles. The number of hydrogen-bond acceptors (Lipinski definition) is 2. The maximum absolute atomic E-state index is 13.5. The second-order valence-electron chi connectivity index (χ2n) is 5.40. The summed E-state index contributed by atoms with van der Waals surface area (Å²) < 4.78 is 32.7. The first kappa shape index (κ1) is 15.4. The Kier molecular flexibility index (Phi) is 5.49. The second kappa shape index (κ2) is 7.14. The normalized spacial score (nSPS) is 24.0. The van der Waals surface area contributed by atoms with E-state index >= 15 is 0 Å². The van der Waals surface area contributed by atoms with Gasteiger partial charge in [-0.2, -0.15) is 0 Å². The van der Waals surface area contributed by atoms with Crippen LogP contribution in [-0.4, -0.2) is 19.3 Å². The van der Waals surface area contributed by atoms with Gasteiger partial charge in [-0.3, -0.25) is 0 Å². The summed E-state index contributed by atoms with van der Waals surface area (Å²) in [7, 11) is 0. The molecule has 1 heterocycles. The summed E-state index contributed by atoms with van der Waals surface area (Å²) in [5.74, 6) is -0.765. The van der Waals surface area contributed by atoms with Crippen molar-refractivity contribution in [3.63, 3.8) is 0 Å². The van der Waals surface area contributed by atoms with E-state index in [-0.39, 0.29) is 18.1 Å². The quantitative estimate of drug-likeness (QED) is 0.857. The van der Waals surface area contributed by atoms with E-state index < -0.39 is 11.6 Å². The highest BCUT2D eigenvalue weighted by Gasteiger charge is 2.34. The lowest BCUT2D eigenvalue weighted by Crippen LogP contribution is -2.33. The third-order valence-electron chi connectivity index (χ3n) is 3.95. The Morgan fingerprint density at radius 2 is 1.95 bits per heavy atom. The number of rotatable bonds is 6. The van der Waals surface area contributed by atoms with Crippen LogP contribution in [0.3, 0.4) is 0 Å². The molecule has 1 fully saturated rings. The van der Waals surface area contributed by atoms with Crippen LogP contribution in [0.4, 0.5) is 8.78 Å². The van der Waals surface area contributed by atoms with Crippen molar-refractivity contribution in [2.75, 3.05) is 13.2 Å². The van der Waals surface area contributed by atoms with Crippen molar-refractivity contribution >= 4 is 0 Å². The van der Waals surface area contributed by atoms with E-state index in [0.29, 0.717) is 5.56 Å². The largest absolute Gasteiger partial charge is 0.378 e. The summed E-state index contributed by atoms with van der Waals surface area (Å²) in [5.41, 5.74) is 0.685. The first-order valence-electron chi connectivity index (χ1n) is 7.46. The Hall–Kier alpha value is -1.00. The van der Waals surface area contributed by atoms with Gasteiger partial charge < -0.3 is 10.1 Å². The van der Waals surface area contributed by atoms with Gasteiger partial charge in [0, 0.05) is 24.6 Å². The smallest absolute Gasteiger partial charge is 0.126 e. The van der Waals surface area contributed by atoms with Crippen LogP contribution in [0.1, 0.15) is 44.7 Å². The SMILES string of the molecule is CCCNC(c1cc(F)cc(F)c1)C1CCOC1CC. The minimum absolute atomic E-state index is 0.0485. The molecule has 0 amide bonds. The number of ether oxygens (including phenoxy) is 1. The molecule has 2 nitrogen and oxygen atoms in total. The molecule has 3 unspecified atom stereocenters. The molecule has 0 saturated carbocycles. The molecule has 0 aromatic heterocycles. The first-order chi connectivity index (χ1) is 9.65. The maximum Gasteiger partial charge on any atom is 0.126 e. The van der Waals surface area contributed by atoms with Crippen LogP contribution in [0.2, 0.25) is 0 Å². The zero-order valence-corrected chi connectivity index (χ0v) is 12.2. The fraction of sp³-hybridized carbons (Fsp3) is 0.625. The van der Waals surface area contributed by atoms with Crippen LogP contribution < -0.4 is 5.32 Å². The summed E-state index contributed by atoms with van der Waals surface area (Å²) in [6.45, 7) is 5.73. The van der Waals surface area contributed by atoms with Crippen molar-refractivity contribution in [1.29, 1.82) is 0 Å². The van der Waals surface area contributed by atoms with Crippen LogP contribution in [0.25, 0.3) is 0 Å². The average molecular weight is 283 g/mol. The Labute approximate surface area is 119 Å². The fourth-order valence-electron chi connectivity index (χ4n) is 3.04. The highest BCUT2D eigenvalue weighted by molar-refractivity contribution is 5.23. The lowest BCUT2D eigenvalue weighted by Gasteiger charge is -2.28. The van der Waals surface area contributed by atoms with Crippen molar-refractivity contribution < 1.29 is 13.5 Å². The van der Waals surface area contributed by atoms with Gasteiger partial charge in [-0.15, -0.1) is 0 Å². The topological polar surface area (TPSA) is 21.3 Å². The summed E-state index contributed by atoms with van der Waals surface area (Å²) >= 11 is 0. The van der Waals surface area contributed by atoms with Crippen LogP contribution in [0.15, 0.2) is 18.2 Å². The van der Waals surface area contributed by atoms with Crippen LogP contribution in [-0.2, 0) is 4.74 Å². The van der Waals surface area contributed by atoms with Gasteiger partial charge in [0.15, 0.2) is 0 Å². The Balaban J connectivity index is 2.26. The monoisotopic (exact) mass is 283 g/mol.